The molecule has 0 aliphatic heterocycles. The van der Waals surface area contributed by atoms with Crippen LogP contribution in [0.25, 0.3) is 0 Å². The van der Waals surface area contributed by atoms with E-state index < -0.39 is 10.1 Å². The van der Waals surface area contributed by atoms with Gasteiger partial charge >= 0.3 is 25.8 Å². The Morgan fingerprint density at radius 3 is 2.08 bits per heavy atom. The molecule has 0 spiro atoms. The molecule has 1 N–H and O–H groups in total. The summed E-state index contributed by atoms with van der Waals surface area (Å²) >= 11 is 1.85. The van der Waals surface area contributed by atoms with E-state index in [1.165, 1.54) is 6.07 Å². The van der Waals surface area contributed by atoms with Crippen LogP contribution < -0.4 is 0 Å². The fraction of sp³-hybridized carbons (Fsp3) is 0. The zero-order valence-electron chi connectivity index (χ0n) is 5.36. The first-order valence-corrected chi connectivity index (χ1v) is 5.26. The van der Waals surface area contributed by atoms with Crippen molar-refractivity contribution in [2.24, 2.45) is 0 Å². The van der Waals surface area contributed by atoms with Crippen LogP contribution in [-0.4, -0.2) is 38.8 Å². The monoisotopic (exact) mass is 402 g/mol. The van der Waals surface area contributed by atoms with E-state index in [0.29, 0.717) is 3.57 Å². The summed E-state index contributed by atoms with van der Waals surface area (Å²) in [5.74, 6) is 0. The fourth-order valence-corrected chi connectivity index (χ4v) is 2.44. The van der Waals surface area contributed by atoms with Crippen LogP contribution in [-0.2, 0) is 10.1 Å². The molecular weight excluding hydrogens is 394 g/mol. The topological polar surface area (TPSA) is 54.4 Å². The minimum absolute atomic E-state index is 0. The second-order valence-corrected chi connectivity index (χ2v) is 4.46. The summed E-state index contributed by atoms with van der Waals surface area (Å²) in [5, 5.41) is 0. The summed E-state index contributed by atoms with van der Waals surface area (Å²) in [6, 6.07) is 6.24. The summed E-state index contributed by atoms with van der Waals surface area (Å²) in [6.07, 6.45) is 0. The van der Waals surface area contributed by atoms with Gasteiger partial charge in [-0.25, -0.2) is 0 Å². The number of hydrogen-bond acceptors (Lipinski definition) is 2. The van der Waals surface area contributed by atoms with Crippen molar-refractivity contribution in [1.82, 2.24) is 0 Å². The second-order valence-electron chi connectivity index (χ2n) is 1.91. The van der Waals surface area contributed by atoms with Crippen LogP contribution in [0.3, 0.4) is 0 Å². The van der Waals surface area contributed by atoms with Crippen molar-refractivity contribution < 1.29 is 13.0 Å². The molecule has 1 aromatic carbocycles. The summed E-state index contributed by atoms with van der Waals surface area (Å²) in [4.78, 5) is -0.0411. The van der Waals surface area contributed by atoms with E-state index in [1.807, 2.05) is 22.6 Å². The molecule has 0 atom stereocenters. The fourth-order valence-electron chi connectivity index (χ4n) is 0.654. The first kappa shape index (κ1) is 12.7. The van der Waals surface area contributed by atoms with Crippen LogP contribution in [0.2, 0.25) is 0 Å². The quantitative estimate of drug-likeness (QED) is 0.546. The number of benzene rings is 1. The van der Waals surface area contributed by atoms with Gasteiger partial charge in [0.2, 0.25) is 0 Å². The summed E-state index contributed by atoms with van der Waals surface area (Å²) in [6.45, 7) is 0. The van der Waals surface area contributed by atoms with Crippen LogP contribution in [0, 0.1) is 3.57 Å². The zero-order chi connectivity index (χ0) is 8.48. The van der Waals surface area contributed by atoms with E-state index in [0.717, 1.165) is 0 Å². The summed E-state index contributed by atoms with van der Waals surface area (Å²) < 4.78 is 30.4. The van der Waals surface area contributed by atoms with Crippen molar-refractivity contribution in [2.45, 2.75) is 4.90 Å². The molecule has 0 aliphatic rings. The van der Waals surface area contributed by atoms with E-state index in [-0.39, 0.29) is 30.7 Å². The molecule has 66 valence electrons. The van der Waals surface area contributed by atoms with E-state index in [9.17, 15) is 8.42 Å². The molecule has 12 heavy (non-hydrogen) atoms. The second kappa shape index (κ2) is 4.83. The molecule has 0 radical (unpaired) electrons. The molecular formula is C6H8IInO3S. The third kappa shape index (κ3) is 3.23. The van der Waals surface area contributed by atoms with Gasteiger partial charge in [0.1, 0.15) is 4.90 Å². The Morgan fingerprint density at radius 1 is 1.25 bits per heavy atom. The van der Waals surface area contributed by atoms with Crippen LogP contribution in [0.4, 0.5) is 0 Å². The van der Waals surface area contributed by atoms with Crippen LogP contribution >= 0.6 is 22.6 Å². The Labute approximate surface area is 103 Å². The molecule has 0 fully saturated rings. The number of halogens is 1. The first-order valence-electron chi connectivity index (χ1n) is 2.74. The van der Waals surface area contributed by atoms with Crippen LogP contribution in [0.15, 0.2) is 29.2 Å². The molecule has 6 heteroatoms. The van der Waals surface area contributed by atoms with Gasteiger partial charge in [-0.15, -0.1) is 0 Å². The van der Waals surface area contributed by atoms with E-state index in [2.05, 4.69) is 0 Å². The average molecular weight is 402 g/mol. The van der Waals surface area contributed by atoms with E-state index in [1.54, 1.807) is 18.2 Å². The molecule has 3 nitrogen and oxygen atoms in total. The van der Waals surface area contributed by atoms with Crippen molar-refractivity contribution in [1.29, 1.82) is 0 Å². The standard InChI is InChI=1S/C6H5IO3S.In.3H/c7-5-3-1-2-4-6(5)11(8,9)10;;;;/h1-4H,(H,8,9,10);;;;. The van der Waals surface area contributed by atoms with Crippen LogP contribution in [0.1, 0.15) is 0 Å². The Morgan fingerprint density at radius 2 is 1.75 bits per heavy atom. The van der Waals surface area contributed by atoms with Crippen molar-refractivity contribution in [3.63, 3.8) is 0 Å². The third-order valence-corrected chi connectivity index (χ3v) is 3.33. The molecule has 0 aliphatic carbocycles. The molecule has 0 saturated carbocycles. The Hall–Kier alpha value is 0.730. The van der Waals surface area contributed by atoms with E-state index in [4.69, 9.17) is 4.55 Å². The van der Waals surface area contributed by atoms with Crippen molar-refractivity contribution in [2.75, 3.05) is 0 Å². The van der Waals surface area contributed by atoms with Gasteiger partial charge in [0.05, 0.1) is 0 Å². The van der Waals surface area contributed by atoms with Gasteiger partial charge in [0, 0.05) is 3.57 Å². The first-order chi connectivity index (χ1) is 5.02. The predicted octanol–water partition coefficient (Wildman–Crippen LogP) is 0.354. The van der Waals surface area contributed by atoms with Gasteiger partial charge < -0.3 is 0 Å². The molecule has 1 rings (SSSR count). The van der Waals surface area contributed by atoms with Gasteiger partial charge in [-0.2, -0.15) is 8.42 Å². The molecule has 0 unspecified atom stereocenters. The Kier molecular flexibility index (Phi) is 5.12. The van der Waals surface area contributed by atoms with Gasteiger partial charge in [-0.1, -0.05) is 12.1 Å². The maximum absolute atomic E-state index is 10.6. The van der Waals surface area contributed by atoms with Crippen LogP contribution in [0.5, 0.6) is 0 Å². The molecule has 0 aromatic heterocycles. The summed E-state index contributed by atoms with van der Waals surface area (Å²) in [5.41, 5.74) is 0. The molecule has 0 bridgehead atoms. The van der Waals surface area contributed by atoms with E-state index >= 15 is 0 Å². The maximum atomic E-state index is 10.6. The predicted molar refractivity (Wildman–Crippen MR) is 58.9 cm³/mol. The molecule has 0 amide bonds. The van der Waals surface area contributed by atoms with Gasteiger partial charge in [-0.3, -0.25) is 4.55 Å². The molecule has 1 aromatic rings. The zero-order valence-corrected chi connectivity index (χ0v) is 8.33. The summed E-state index contributed by atoms with van der Waals surface area (Å²) in [7, 11) is -4.04. The Balaban J connectivity index is 0.00000121. The Bertz CT molecular complexity index is 363. The third-order valence-electron chi connectivity index (χ3n) is 1.11. The average Bonchev–Trinajstić information content (AvgIpc) is 1.86. The molecule has 0 saturated heterocycles. The van der Waals surface area contributed by atoms with Gasteiger partial charge in [-0.05, 0) is 34.7 Å². The van der Waals surface area contributed by atoms with Crippen molar-refractivity contribution >= 4 is 58.6 Å². The number of rotatable bonds is 1. The van der Waals surface area contributed by atoms with Gasteiger partial charge in [0.15, 0.2) is 0 Å². The van der Waals surface area contributed by atoms with Crippen molar-refractivity contribution in [3.8, 4) is 0 Å². The van der Waals surface area contributed by atoms with Crippen molar-refractivity contribution in [3.05, 3.63) is 27.8 Å². The SMILES string of the molecule is O=S(=O)(O)c1ccccc1I.[InH3]. The van der Waals surface area contributed by atoms with Gasteiger partial charge in [0.25, 0.3) is 10.1 Å². The number of hydrogen-bond donors (Lipinski definition) is 1. The molecule has 0 heterocycles. The normalized spacial score (nSPS) is 10.5. The minimum atomic E-state index is -4.04.